The number of hydrogen-bond acceptors (Lipinski definition) is 5. The van der Waals surface area contributed by atoms with E-state index in [0.717, 1.165) is 15.4 Å². The minimum atomic E-state index is -4.20. The van der Waals surface area contributed by atoms with Crippen LogP contribution in [0.1, 0.15) is 38.3 Å². The molecule has 0 heterocycles. The van der Waals surface area contributed by atoms with Gasteiger partial charge in [0.05, 0.1) is 17.7 Å². The lowest BCUT2D eigenvalue weighted by Crippen LogP contribution is -2.53. The molecule has 2 amide bonds. The van der Waals surface area contributed by atoms with Crippen molar-refractivity contribution in [2.24, 2.45) is 0 Å². The van der Waals surface area contributed by atoms with Crippen molar-refractivity contribution in [2.45, 2.75) is 57.6 Å². The number of carbonyl (C=O) groups is 2. The molecule has 0 aliphatic rings. The van der Waals surface area contributed by atoms with Gasteiger partial charge in [-0.25, -0.2) is 8.42 Å². The second-order valence-corrected chi connectivity index (χ2v) is 12.1. The van der Waals surface area contributed by atoms with E-state index in [1.807, 2.05) is 52.0 Å². The van der Waals surface area contributed by atoms with Crippen molar-refractivity contribution < 1.29 is 22.7 Å². The number of nitrogens with one attached hydrogen (secondary N) is 1. The number of halogens is 1. The summed E-state index contributed by atoms with van der Waals surface area (Å²) in [6, 6.07) is 18.9. The Hall–Kier alpha value is -3.56. The first-order valence-corrected chi connectivity index (χ1v) is 14.9. The fourth-order valence-electron chi connectivity index (χ4n) is 4.34. The molecule has 3 aromatic rings. The molecule has 0 aromatic heterocycles. The van der Waals surface area contributed by atoms with Crippen molar-refractivity contribution in [3.8, 4) is 5.75 Å². The molecule has 0 aliphatic heterocycles. The molecular weight excluding hydrogens is 550 g/mol. The number of rotatable bonds is 12. The molecule has 214 valence electrons. The summed E-state index contributed by atoms with van der Waals surface area (Å²) in [7, 11) is -2.72. The third-order valence-corrected chi connectivity index (χ3v) is 8.30. The zero-order valence-corrected chi connectivity index (χ0v) is 25.0. The SMILES string of the molecule is CC[C@@H](C(=O)NC(C)C)N(Cc1cccc(C)c1)C(=O)CN(c1cccc(Cl)c1)S(=O)(=O)c1ccc(OC)cc1. The van der Waals surface area contributed by atoms with E-state index >= 15 is 0 Å². The molecule has 3 rings (SSSR count). The highest BCUT2D eigenvalue weighted by Crippen LogP contribution is 2.28. The summed E-state index contributed by atoms with van der Waals surface area (Å²) in [5.74, 6) is -0.328. The van der Waals surface area contributed by atoms with Gasteiger partial charge in [0.15, 0.2) is 0 Å². The van der Waals surface area contributed by atoms with Crippen LogP contribution in [0.15, 0.2) is 77.7 Å². The number of hydrogen-bond donors (Lipinski definition) is 1. The smallest absolute Gasteiger partial charge is 0.264 e. The summed E-state index contributed by atoms with van der Waals surface area (Å²) < 4.78 is 34.0. The summed E-state index contributed by atoms with van der Waals surface area (Å²) in [5.41, 5.74) is 2.07. The van der Waals surface area contributed by atoms with Crippen molar-refractivity contribution in [1.29, 1.82) is 0 Å². The highest BCUT2D eigenvalue weighted by Gasteiger charge is 2.34. The highest BCUT2D eigenvalue weighted by atomic mass is 35.5. The molecule has 3 aromatic carbocycles. The van der Waals surface area contributed by atoms with Gasteiger partial charge >= 0.3 is 0 Å². The first kappa shape index (κ1) is 31.0. The van der Waals surface area contributed by atoms with Crippen LogP contribution in [0.5, 0.6) is 5.75 Å². The first-order chi connectivity index (χ1) is 19.0. The zero-order chi connectivity index (χ0) is 29.4. The predicted octanol–water partition coefficient (Wildman–Crippen LogP) is 5.18. The summed E-state index contributed by atoms with van der Waals surface area (Å²) in [6.07, 6.45) is 0.346. The zero-order valence-electron chi connectivity index (χ0n) is 23.4. The lowest BCUT2D eigenvalue weighted by atomic mass is 10.1. The largest absolute Gasteiger partial charge is 0.497 e. The number of ether oxygens (including phenoxy) is 1. The molecule has 1 N–H and O–H groups in total. The van der Waals surface area contributed by atoms with E-state index in [1.54, 1.807) is 18.2 Å². The van der Waals surface area contributed by atoms with Gasteiger partial charge in [-0.05, 0) is 75.2 Å². The number of aryl methyl sites for hydroxylation is 1. The Balaban J connectivity index is 2.07. The number of benzene rings is 3. The van der Waals surface area contributed by atoms with Gasteiger partial charge in [-0.1, -0.05) is 54.4 Å². The molecule has 10 heteroatoms. The van der Waals surface area contributed by atoms with E-state index in [0.29, 0.717) is 17.2 Å². The minimum absolute atomic E-state index is 0.0177. The monoisotopic (exact) mass is 585 g/mol. The molecule has 1 atom stereocenters. The second kappa shape index (κ2) is 13.7. The third kappa shape index (κ3) is 7.76. The Bertz CT molecular complexity index is 1430. The molecule has 40 heavy (non-hydrogen) atoms. The van der Waals surface area contributed by atoms with Crippen LogP contribution < -0.4 is 14.4 Å². The Kier molecular flexibility index (Phi) is 10.6. The number of sulfonamides is 1. The fourth-order valence-corrected chi connectivity index (χ4v) is 5.93. The van der Waals surface area contributed by atoms with E-state index in [-0.39, 0.29) is 29.1 Å². The van der Waals surface area contributed by atoms with E-state index in [9.17, 15) is 18.0 Å². The summed E-state index contributed by atoms with van der Waals surface area (Å²) >= 11 is 6.22. The van der Waals surface area contributed by atoms with Crippen LogP contribution in [0.25, 0.3) is 0 Å². The summed E-state index contributed by atoms with van der Waals surface area (Å²) in [6.45, 7) is 7.06. The van der Waals surface area contributed by atoms with E-state index in [1.165, 1.54) is 42.3 Å². The van der Waals surface area contributed by atoms with Crippen LogP contribution in [0, 0.1) is 6.92 Å². The molecule has 0 aliphatic carbocycles. The molecule has 0 saturated carbocycles. The van der Waals surface area contributed by atoms with Crippen molar-refractivity contribution in [2.75, 3.05) is 18.0 Å². The molecule has 0 spiro atoms. The van der Waals surface area contributed by atoms with Gasteiger partial charge < -0.3 is 15.0 Å². The topological polar surface area (TPSA) is 96.0 Å². The van der Waals surface area contributed by atoms with Crippen LogP contribution in [-0.4, -0.2) is 50.9 Å². The van der Waals surface area contributed by atoms with E-state index in [4.69, 9.17) is 16.3 Å². The Morgan fingerprint density at radius 2 is 1.68 bits per heavy atom. The first-order valence-electron chi connectivity index (χ1n) is 13.0. The average Bonchev–Trinajstić information content (AvgIpc) is 2.91. The standard InChI is InChI=1S/C30H36ClN3O5S/c1-6-28(30(36)32-21(2)3)33(19-23-10-7-9-22(4)17-23)29(35)20-34(25-12-8-11-24(31)18-25)40(37,38)27-15-13-26(39-5)14-16-27/h7-18,21,28H,6,19-20H2,1-5H3,(H,32,36)/t28-/m0/s1. The van der Waals surface area contributed by atoms with E-state index < -0.39 is 28.5 Å². The molecule has 0 bridgehead atoms. The molecule has 0 unspecified atom stereocenters. The molecule has 0 fully saturated rings. The number of methoxy groups -OCH3 is 1. The highest BCUT2D eigenvalue weighted by molar-refractivity contribution is 7.92. The van der Waals surface area contributed by atoms with Gasteiger partial charge in [-0.2, -0.15) is 0 Å². The quantitative estimate of drug-likeness (QED) is 0.316. The van der Waals surface area contributed by atoms with Crippen molar-refractivity contribution in [3.05, 3.63) is 88.9 Å². The Morgan fingerprint density at radius 3 is 2.25 bits per heavy atom. The normalized spacial score (nSPS) is 12.1. The molecule has 0 radical (unpaired) electrons. The number of amides is 2. The summed E-state index contributed by atoms with van der Waals surface area (Å²) in [5, 5.41) is 3.21. The third-order valence-electron chi connectivity index (χ3n) is 6.27. The van der Waals surface area contributed by atoms with Crippen molar-refractivity contribution in [1.82, 2.24) is 10.2 Å². The fraction of sp³-hybridized carbons (Fsp3) is 0.333. The van der Waals surface area contributed by atoms with Crippen LogP contribution in [0.3, 0.4) is 0 Å². The van der Waals surface area contributed by atoms with Gasteiger partial charge in [0.1, 0.15) is 18.3 Å². The van der Waals surface area contributed by atoms with Gasteiger partial charge in [0.25, 0.3) is 10.0 Å². The van der Waals surface area contributed by atoms with Gasteiger partial charge in [-0.15, -0.1) is 0 Å². The van der Waals surface area contributed by atoms with Crippen molar-refractivity contribution in [3.63, 3.8) is 0 Å². The molecule has 0 saturated heterocycles. The van der Waals surface area contributed by atoms with Gasteiger partial charge in [0, 0.05) is 17.6 Å². The summed E-state index contributed by atoms with van der Waals surface area (Å²) in [4.78, 5) is 28.7. The lowest BCUT2D eigenvalue weighted by Gasteiger charge is -2.33. The Labute approximate surface area is 241 Å². The van der Waals surface area contributed by atoms with Crippen LogP contribution in [0.4, 0.5) is 5.69 Å². The van der Waals surface area contributed by atoms with Crippen LogP contribution >= 0.6 is 11.6 Å². The maximum absolute atomic E-state index is 14.1. The number of carbonyl (C=O) groups excluding carboxylic acids is 2. The number of anilines is 1. The van der Waals surface area contributed by atoms with Gasteiger partial charge in [0.2, 0.25) is 11.8 Å². The maximum Gasteiger partial charge on any atom is 0.264 e. The molecular formula is C30H36ClN3O5S. The van der Waals surface area contributed by atoms with Crippen LogP contribution in [-0.2, 0) is 26.2 Å². The minimum Gasteiger partial charge on any atom is -0.497 e. The maximum atomic E-state index is 14.1. The van der Waals surface area contributed by atoms with E-state index in [2.05, 4.69) is 5.32 Å². The second-order valence-electron chi connectivity index (χ2n) is 9.77. The average molecular weight is 586 g/mol. The van der Waals surface area contributed by atoms with Gasteiger partial charge in [-0.3, -0.25) is 13.9 Å². The number of nitrogens with zero attached hydrogens (tertiary/aromatic N) is 2. The lowest BCUT2D eigenvalue weighted by molar-refractivity contribution is -0.140. The van der Waals surface area contributed by atoms with Crippen LogP contribution in [0.2, 0.25) is 5.02 Å². The predicted molar refractivity (Wildman–Crippen MR) is 158 cm³/mol. The van der Waals surface area contributed by atoms with Crippen molar-refractivity contribution >= 4 is 39.1 Å². The Morgan fingerprint density at radius 1 is 1.00 bits per heavy atom. The molecule has 8 nitrogen and oxygen atoms in total.